The van der Waals surface area contributed by atoms with Gasteiger partial charge >= 0.3 is 0 Å². The van der Waals surface area contributed by atoms with E-state index in [0.29, 0.717) is 28.0 Å². The molecule has 130 valence electrons. The Bertz CT molecular complexity index is 1100. The maximum Gasteiger partial charge on any atom is 0.264 e. The lowest BCUT2D eigenvalue weighted by molar-refractivity contribution is 0.0750. The van der Waals surface area contributed by atoms with Gasteiger partial charge in [0.05, 0.1) is 17.5 Å². The number of hydrogen-bond acceptors (Lipinski definition) is 5. The Morgan fingerprint density at radius 3 is 2.92 bits per heavy atom. The molecule has 0 N–H and O–H groups in total. The summed E-state index contributed by atoms with van der Waals surface area (Å²) in [5.74, 6) is 0.0213. The third-order valence-corrected chi connectivity index (χ3v) is 4.65. The summed E-state index contributed by atoms with van der Waals surface area (Å²) >= 11 is 5.98. The van der Waals surface area contributed by atoms with Gasteiger partial charge in [0.15, 0.2) is 0 Å². The molecule has 0 bridgehead atoms. The van der Waals surface area contributed by atoms with E-state index in [1.54, 1.807) is 34.9 Å². The van der Waals surface area contributed by atoms with Gasteiger partial charge in [-0.2, -0.15) is 8.42 Å². The number of ether oxygens (including phenoxy) is 1. The molecule has 25 heavy (non-hydrogen) atoms. The van der Waals surface area contributed by atoms with Gasteiger partial charge in [-0.3, -0.25) is 4.18 Å². The first-order valence-electron chi connectivity index (χ1n) is 7.31. The van der Waals surface area contributed by atoms with Crippen molar-refractivity contribution in [3.8, 4) is 17.1 Å². The minimum Gasteiger partial charge on any atom is -0.465 e. The average Bonchev–Trinajstić information content (AvgIpc) is 2.94. The number of hydrogen-bond donors (Lipinski definition) is 0. The number of rotatable bonds is 3. The Hall–Kier alpha value is -2.16. The largest absolute Gasteiger partial charge is 0.465 e. The third kappa shape index (κ3) is 2.86. The molecule has 1 atom stereocenters. The molecular weight excluding hydrogens is 371 g/mol. The second-order valence-electron chi connectivity index (χ2n) is 5.61. The zero-order chi connectivity index (χ0) is 17.8. The van der Waals surface area contributed by atoms with Gasteiger partial charge in [-0.05, 0) is 30.3 Å². The predicted octanol–water partition coefficient (Wildman–Crippen LogP) is 3.36. The summed E-state index contributed by atoms with van der Waals surface area (Å²) in [4.78, 5) is 4.26. The van der Waals surface area contributed by atoms with Gasteiger partial charge in [-0.1, -0.05) is 17.7 Å². The van der Waals surface area contributed by atoms with E-state index < -0.39 is 22.2 Å². The summed E-state index contributed by atoms with van der Waals surface area (Å²) in [5.41, 5.74) is 1.58. The molecule has 4 rings (SSSR count). The van der Waals surface area contributed by atoms with Crippen LogP contribution >= 0.6 is 11.6 Å². The van der Waals surface area contributed by atoms with E-state index in [-0.39, 0.29) is 11.8 Å². The molecule has 0 saturated heterocycles. The molecule has 0 saturated carbocycles. The van der Waals surface area contributed by atoms with Gasteiger partial charge in [-0.25, -0.2) is 9.37 Å². The summed E-state index contributed by atoms with van der Waals surface area (Å²) in [6.45, 7) is -0.256. The first-order valence-corrected chi connectivity index (χ1v) is 9.50. The van der Waals surface area contributed by atoms with Crippen LogP contribution in [0.4, 0.5) is 4.39 Å². The van der Waals surface area contributed by atoms with Crippen molar-refractivity contribution in [1.82, 2.24) is 9.55 Å². The van der Waals surface area contributed by atoms with Crippen LogP contribution in [0.15, 0.2) is 36.4 Å². The number of pyridine rings is 1. The molecule has 0 amide bonds. The lowest BCUT2D eigenvalue weighted by Gasteiger charge is -2.28. The van der Waals surface area contributed by atoms with Crippen LogP contribution in [-0.2, 0) is 14.3 Å². The summed E-state index contributed by atoms with van der Waals surface area (Å²) in [7, 11) is -3.66. The highest BCUT2D eigenvalue weighted by Gasteiger charge is 2.30. The van der Waals surface area contributed by atoms with Crippen LogP contribution in [0.25, 0.3) is 22.3 Å². The Morgan fingerprint density at radius 2 is 2.16 bits per heavy atom. The molecule has 0 radical (unpaired) electrons. The fourth-order valence-electron chi connectivity index (χ4n) is 2.90. The molecule has 2 aromatic heterocycles. The lowest BCUT2D eigenvalue weighted by Crippen LogP contribution is -2.27. The quantitative estimate of drug-likeness (QED) is 0.513. The molecule has 0 fully saturated rings. The van der Waals surface area contributed by atoms with Crippen molar-refractivity contribution in [3.05, 3.63) is 47.4 Å². The SMILES string of the molecule is CS(=O)(=O)OCC1Oc2ccc(Cl)nc2-c2cc3c(F)cccc3n21. The van der Waals surface area contributed by atoms with Crippen molar-refractivity contribution in [2.45, 2.75) is 6.23 Å². The van der Waals surface area contributed by atoms with E-state index in [9.17, 15) is 12.8 Å². The van der Waals surface area contributed by atoms with Crippen molar-refractivity contribution < 1.29 is 21.7 Å². The minimum atomic E-state index is -3.66. The minimum absolute atomic E-state index is 0.256. The van der Waals surface area contributed by atoms with Crippen molar-refractivity contribution >= 4 is 32.6 Å². The normalized spacial score (nSPS) is 16.4. The van der Waals surface area contributed by atoms with Crippen LogP contribution in [0.3, 0.4) is 0 Å². The molecule has 1 aromatic carbocycles. The molecule has 1 aliphatic heterocycles. The zero-order valence-corrected chi connectivity index (χ0v) is 14.5. The van der Waals surface area contributed by atoms with Crippen LogP contribution in [0.2, 0.25) is 5.15 Å². The lowest BCUT2D eigenvalue weighted by atomic mass is 10.2. The van der Waals surface area contributed by atoms with Crippen molar-refractivity contribution in [2.75, 3.05) is 12.9 Å². The van der Waals surface area contributed by atoms with Crippen LogP contribution in [0.1, 0.15) is 6.23 Å². The highest BCUT2D eigenvalue weighted by atomic mass is 35.5. The van der Waals surface area contributed by atoms with Gasteiger partial charge in [0.1, 0.15) is 29.0 Å². The summed E-state index contributed by atoms with van der Waals surface area (Å²) in [5, 5.41) is 0.644. The smallest absolute Gasteiger partial charge is 0.264 e. The van der Waals surface area contributed by atoms with Gasteiger partial charge in [-0.15, -0.1) is 0 Å². The van der Waals surface area contributed by atoms with Gasteiger partial charge in [0.25, 0.3) is 10.1 Å². The topological polar surface area (TPSA) is 70.4 Å². The highest BCUT2D eigenvalue weighted by molar-refractivity contribution is 7.85. The van der Waals surface area contributed by atoms with E-state index in [1.807, 2.05) is 0 Å². The summed E-state index contributed by atoms with van der Waals surface area (Å²) in [6, 6.07) is 9.48. The summed E-state index contributed by atoms with van der Waals surface area (Å²) < 4.78 is 49.3. The highest BCUT2D eigenvalue weighted by Crippen LogP contribution is 2.42. The Morgan fingerprint density at radius 1 is 1.36 bits per heavy atom. The fourth-order valence-corrected chi connectivity index (χ4v) is 3.41. The van der Waals surface area contributed by atoms with E-state index in [4.69, 9.17) is 20.5 Å². The van der Waals surface area contributed by atoms with Gasteiger partial charge < -0.3 is 9.30 Å². The van der Waals surface area contributed by atoms with Crippen molar-refractivity contribution in [3.63, 3.8) is 0 Å². The van der Waals surface area contributed by atoms with Crippen molar-refractivity contribution in [2.24, 2.45) is 0 Å². The molecule has 1 unspecified atom stereocenters. The van der Waals surface area contributed by atoms with E-state index in [1.165, 1.54) is 6.07 Å². The second-order valence-corrected chi connectivity index (χ2v) is 7.65. The number of benzene rings is 1. The molecule has 0 spiro atoms. The van der Waals surface area contributed by atoms with Crippen LogP contribution in [0.5, 0.6) is 5.75 Å². The van der Waals surface area contributed by atoms with Gasteiger partial charge in [0, 0.05) is 5.39 Å². The molecule has 6 nitrogen and oxygen atoms in total. The zero-order valence-electron chi connectivity index (χ0n) is 12.9. The molecule has 3 aromatic rings. The van der Waals surface area contributed by atoms with Crippen LogP contribution < -0.4 is 4.74 Å². The molecular formula is C16H12ClFN2O4S. The Labute approximate surface area is 147 Å². The van der Waals surface area contributed by atoms with E-state index in [0.717, 1.165) is 6.26 Å². The number of fused-ring (bicyclic) bond motifs is 5. The van der Waals surface area contributed by atoms with Crippen molar-refractivity contribution in [1.29, 1.82) is 0 Å². The second kappa shape index (κ2) is 5.69. The van der Waals surface area contributed by atoms with E-state index >= 15 is 0 Å². The first kappa shape index (κ1) is 16.3. The van der Waals surface area contributed by atoms with E-state index in [2.05, 4.69) is 4.98 Å². The number of halogens is 2. The third-order valence-electron chi connectivity index (χ3n) is 3.87. The molecule has 3 heterocycles. The predicted molar refractivity (Wildman–Crippen MR) is 90.6 cm³/mol. The molecule has 1 aliphatic rings. The van der Waals surface area contributed by atoms with Gasteiger partial charge in [0.2, 0.25) is 6.23 Å². The maximum absolute atomic E-state index is 14.2. The number of aromatic nitrogens is 2. The average molecular weight is 383 g/mol. The summed E-state index contributed by atoms with van der Waals surface area (Å²) in [6.07, 6.45) is 0.166. The first-order chi connectivity index (χ1) is 11.8. The Balaban J connectivity index is 1.94. The fraction of sp³-hybridized carbons (Fsp3) is 0.188. The van der Waals surface area contributed by atoms with Crippen LogP contribution in [0, 0.1) is 5.82 Å². The Kier molecular flexibility index (Phi) is 3.71. The van der Waals surface area contributed by atoms with Crippen LogP contribution in [-0.4, -0.2) is 30.8 Å². The number of nitrogens with zero attached hydrogens (tertiary/aromatic N) is 2. The standard InChI is InChI=1S/C16H12ClFN2O4S/c1-25(21,22)23-8-15-20-11-4-2-3-10(18)9(11)7-12(20)16-13(24-15)5-6-14(17)19-16/h2-7,15H,8H2,1H3. The molecule has 0 aliphatic carbocycles. The molecule has 9 heteroatoms. The maximum atomic E-state index is 14.2. The monoisotopic (exact) mass is 382 g/mol.